The van der Waals surface area contributed by atoms with Crippen molar-refractivity contribution in [2.75, 3.05) is 40.3 Å². The first-order valence-electron chi connectivity index (χ1n) is 10.8. The number of amides is 2. The second-order valence-corrected chi connectivity index (χ2v) is 8.62. The second-order valence-electron chi connectivity index (χ2n) is 8.62. The third-order valence-corrected chi connectivity index (χ3v) is 6.11. The van der Waals surface area contributed by atoms with E-state index in [1.807, 2.05) is 49.3 Å². The third kappa shape index (κ3) is 4.52. The molecule has 7 heteroatoms. The molecule has 2 amide bonds. The maximum atomic E-state index is 12.8. The Bertz CT molecular complexity index is 1030. The van der Waals surface area contributed by atoms with E-state index >= 15 is 0 Å². The van der Waals surface area contributed by atoms with Gasteiger partial charge < -0.3 is 14.9 Å². The summed E-state index contributed by atoms with van der Waals surface area (Å²) in [7, 11) is 3.96. The zero-order chi connectivity index (χ0) is 22.7. The number of aliphatic hydroxyl groups is 1. The summed E-state index contributed by atoms with van der Waals surface area (Å²) >= 11 is 0. The Morgan fingerprint density at radius 2 is 2.03 bits per heavy atom. The van der Waals surface area contributed by atoms with Crippen molar-refractivity contribution >= 4 is 11.8 Å². The number of nitrogens with zero attached hydrogens (tertiary/aromatic N) is 4. The monoisotopic (exact) mass is 432 g/mol. The number of carbonyl (C=O) groups excluding carboxylic acids is 2. The standard InChI is InChI=1S/C25H28N4O3/c1-27(2)12-4-6-18-7-9-20(10-8-18)25-21-15-28(16-24(32)29(21)22(25)17-30)23(31)13-19-5-3-11-26-14-19/h3,5,7-11,14,21-22,25,30H,12-13,15-17H2,1-2H3/t21-,22+,25+/m1/s1. The van der Waals surface area contributed by atoms with Crippen molar-refractivity contribution in [2.45, 2.75) is 24.4 Å². The van der Waals surface area contributed by atoms with Crippen LogP contribution < -0.4 is 0 Å². The van der Waals surface area contributed by atoms with Crippen LogP contribution in [0.15, 0.2) is 48.8 Å². The SMILES string of the molecule is CN(C)CC#Cc1ccc([C@H]2[C@H]3CN(C(=O)Cc4cccnc4)CC(=O)N3[C@H]2CO)cc1. The van der Waals surface area contributed by atoms with Crippen LogP contribution in [0.2, 0.25) is 0 Å². The van der Waals surface area contributed by atoms with Gasteiger partial charge in [0.2, 0.25) is 11.8 Å². The Balaban J connectivity index is 1.48. The van der Waals surface area contributed by atoms with Gasteiger partial charge in [-0.05, 0) is 43.4 Å². The number of aromatic nitrogens is 1. The topological polar surface area (TPSA) is 77.0 Å². The molecular weight excluding hydrogens is 404 g/mol. The van der Waals surface area contributed by atoms with Crippen LogP contribution in [0.3, 0.4) is 0 Å². The lowest BCUT2D eigenvalue weighted by Crippen LogP contribution is -2.73. The van der Waals surface area contributed by atoms with Crippen LogP contribution in [0.25, 0.3) is 0 Å². The predicted molar refractivity (Wildman–Crippen MR) is 121 cm³/mol. The Morgan fingerprint density at radius 1 is 1.25 bits per heavy atom. The van der Waals surface area contributed by atoms with Crippen molar-refractivity contribution < 1.29 is 14.7 Å². The van der Waals surface area contributed by atoms with E-state index in [1.165, 1.54) is 0 Å². The van der Waals surface area contributed by atoms with Crippen molar-refractivity contribution in [3.05, 3.63) is 65.5 Å². The first-order valence-corrected chi connectivity index (χ1v) is 10.8. The molecule has 3 heterocycles. The van der Waals surface area contributed by atoms with E-state index in [9.17, 15) is 14.7 Å². The maximum Gasteiger partial charge on any atom is 0.242 e. The molecule has 166 valence electrons. The number of hydrogen-bond donors (Lipinski definition) is 1. The van der Waals surface area contributed by atoms with Crippen LogP contribution in [0.5, 0.6) is 0 Å². The van der Waals surface area contributed by atoms with Crippen LogP contribution in [0.1, 0.15) is 22.6 Å². The zero-order valence-electron chi connectivity index (χ0n) is 18.4. The minimum Gasteiger partial charge on any atom is -0.394 e. The molecule has 1 N–H and O–H groups in total. The van der Waals surface area contributed by atoms with E-state index in [-0.39, 0.29) is 49.4 Å². The molecule has 7 nitrogen and oxygen atoms in total. The molecular formula is C25H28N4O3. The Labute approximate surface area is 188 Å². The highest BCUT2D eigenvalue weighted by Crippen LogP contribution is 2.42. The van der Waals surface area contributed by atoms with Crippen LogP contribution in [0, 0.1) is 11.8 Å². The van der Waals surface area contributed by atoms with Crippen LogP contribution in [0.4, 0.5) is 0 Å². The van der Waals surface area contributed by atoms with Crippen LogP contribution in [-0.4, -0.2) is 89.0 Å². The lowest BCUT2D eigenvalue weighted by atomic mass is 9.73. The van der Waals surface area contributed by atoms with Crippen molar-refractivity contribution in [1.82, 2.24) is 19.7 Å². The first kappa shape index (κ1) is 22.0. The summed E-state index contributed by atoms with van der Waals surface area (Å²) in [6.45, 7) is 1.12. The van der Waals surface area contributed by atoms with E-state index in [0.29, 0.717) is 13.1 Å². The van der Waals surface area contributed by atoms with Crippen molar-refractivity contribution in [1.29, 1.82) is 0 Å². The predicted octanol–water partition coefficient (Wildman–Crippen LogP) is 0.735. The molecule has 0 spiro atoms. The fourth-order valence-corrected chi connectivity index (χ4v) is 4.57. The molecule has 2 saturated heterocycles. The van der Waals surface area contributed by atoms with Gasteiger partial charge in [-0.25, -0.2) is 0 Å². The average molecular weight is 433 g/mol. The molecule has 3 atom stereocenters. The summed E-state index contributed by atoms with van der Waals surface area (Å²) in [6, 6.07) is 11.3. The molecule has 0 unspecified atom stereocenters. The van der Waals surface area contributed by atoms with Gasteiger partial charge in [-0.1, -0.05) is 30.0 Å². The van der Waals surface area contributed by atoms with Gasteiger partial charge in [-0.3, -0.25) is 19.5 Å². The number of pyridine rings is 1. The smallest absolute Gasteiger partial charge is 0.242 e. The van der Waals surface area contributed by atoms with Gasteiger partial charge in [0.15, 0.2) is 0 Å². The summed E-state index contributed by atoms with van der Waals surface area (Å²) in [4.78, 5) is 35.1. The fraction of sp³-hybridized carbons (Fsp3) is 0.400. The van der Waals surface area contributed by atoms with Gasteiger partial charge in [0.25, 0.3) is 0 Å². The average Bonchev–Trinajstić information content (AvgIpc) is 2.76. The quantitative estimate of drug-likeness (QED) is 0.705. The maximum absolute atomic E-state index is 12.8. The summed E-state index contributed by atoms with van der Waals surface area (Å²) in [5.41, 5.74) is 2.81. The van der Waals surface area contributed by atoms with E-state index in [4.69, 9.17) is 0 Å². The molecule has 0 aliphatic carbocycles. The molecule has 0 saturated carbocycles. The highest BCUT2D eigenvalue weighted by atomic mass is 16.3. The number of carbonyl (C=O) groups is 2. The molecule has 0 bridgehead atoms. The fourth-order valence-electron chi connectivity index (χ4n) is 4.57. The third-order valence-electron chi connectivity index (χ3n) is 6.11. The molecule has 2 aliphatic rings. The van der Waals surface area contributed by atoms with Crippen LogP contribution in [-0.2, 0) is 16.0 Å². The summed E-state index contributed by atoms with van der Waals surface area (Å²) < 4.78 is 0. The van der Waals surface area contributed by atoms with Crippen LogP contribution >= 0.6 is 0 Å². The molecule has 2 fully saturated rings. The zero-order valence-corrected chi connectivity index (χ0v) is 18.4. The van der Waals surface area contributed by atoms with Gasteiger partial charge in [0.05, 0.1) is 38.2 Å². The molecule has 1 aromatic heterocycles. The molecule has 2 aromatic rings. The Morgan fingerprint density at radius 3 is 2.69 bits per heavy atom. The van der Waals surface area contributed by atoms with E-state index in [0.717, 1.165) is 16.7 Å². The highest BCUT2D eigenvalue weighted by Gasteiger charge is 2.54. The van der Waals surface area contributed by atoms with Gasteiger partial charge in [0, 0.05) is 30.4 Å². The van der Waals surface area contributed by atoms with Gasteiger partial charge >= 0.3 is 0 Å². The minimum absolute atomic E-state index is 0.0123. The van der Waals surface area contributed by atoms with E-state index < -0.39 is 0 Å². The lowest BCUT2D eigenvalue weighted by Gasteiger charge is -2.58. The summed E-state index contributed by atoms with van der Waals surface area (Å²) in [5.74, 6) is 6.07. The van der Waals surface area contributed by atoms with Gasteiger partial charge in [-0.15, -0.1) is 0 Å². The largest absolute Gasteiger partial charge is 0.394 e. The van der Waals surface area contributed by atoms with Crippen molar-refractivity contribution in [3.8, 4) is 11.8 Å². The molecule has 2 aliphatic heterocycles. The highest BCUT2D eigenvalue weighted by molar-refractivity contribution is 5.88. The van der Waals surface area contributed by atoms with E-state index in [1.54, 1.807) is 28.3 Å². The summed E-state index contributed by atoms with van der Waals surface area (Å²) in [5, 5.41) is 9.96. The number of rotatable bonds is 5. The second kappa shape index (κ2) is 9.51. The van der Waals surface area contributed by atoms with E-state index in [2.05, 4.69) is 16.8 Å². The molecule has 32 heavy (non-hydrogen) atoms. The lowest BCUT2D eigenvalue weighted by molar-refractivity contribution is -0.166. The van der Waals surface area contributed by atoms with Gasteiger partial charge in [0.1, 0.15) is 0 Å². The summed E-state index contributed by atoms with van der Waals surface area (Å²) in [6.07, 6.45) is 3.57. The first-order chi connectivity index (χ1) is 15.5. The molecule has 0 radical (unpaired) electrons. The van der Waals surface area contributed by atoms with Crippen molar-refractivity contribution in [3.63, 3.8) is 0 Å². The minimum atomic E-state index is -0.256. The van der Waals surface area contributed by atoms with Crippen molar-refractivity contribution in [2.24, 2.45) is 0 Å². The van der Waals surface area contributed by atoms with Gasteiger partial charge in [-0.2, -0.15) is 0 Å². The number of fused-ring (bicyclic) bond motifs is 1. The number of benzene rings is 1. The normalized spacial score (nSPS) is 22.1. The number of piperazine rings is 1. The Hall–Kier alpha value is -3.21. The molecule has 4 rings (SSSR count). The molecule has 1 aromatic carbocycles. The number of hydrogen-bond acceptors (Lipinski definition) is 5. The Kier molecular flexibility index (Phi) is 6.54. The number of aliphatic hydroxyl groups excluding tert-OH is 1.